The van der Waals surface area contributed by atoms with Crippen molar-refractivity contribution in [3.8, 4) is 5.69 Å². The average Bonchev–Trinajstić information content (AvgIpc) is 3.26. The Labute approximate surface area is 167 Å². The minimum Gasteiger partial charge on any atom is -0.289 e. The number of hydrazine groups is 1. The average molecular weight is 382 g/mol. The molecule has 2 N–H and O–H groups in total. The normalized spacial score (nSPS) is 11.1. The van der Waals surface area contributed by atoms with Gasteiger partial charge in [0.25, 0.3) is 0 Å². The molecule has 0 radical (unpaired) electrons. The summed E-state index contributed by atoms with van der Waals surface area (Å²) >= 11 is 0. The molecule has 7 heteroatoms. The van der Waals surface area contributed by atoms with E-state index < -0.39 is 0 Å². The third kappa shape index (κ3) is 3.67. The van der Waals surface area contributed by atoms with Gasteiger partial charge in [-0.2, -0.15) is 5.10 Å². The minimum absolute atomic E-state index is 0.274. The Bertz CT molecular complexity index is 1210. The molecular formula is C22H18N6O. The van der Waals surface area contributed by atoms with Gasteiger partial charge in [0.1, 0.15) is 0 Å². The smallest absolute Gasteiger partial charge is 0.188 e. The van der Waals surface area contributed by atoms with Gasteiger partial charge in [-0.25, -0.2) is 10.5 Å². The van der Waals surface area contributed by atoms with Gasteiger partial charge in [-0.15, -0.1) is 0 Å². The zero-order valence-corrected chi connectivity index (χ0v) is 15.5. The van der Waals surface area contributed by atoms with Crippen LogP contribution in [0, 0.1) is 0 Å². The largest absolute Gasteiger partial charge is 0.289 e. The van der Waals surface area contributed by atoms with Crippen LogP contribution in [0.15, 0.2) is 92.3 Å². The van der Waals surface area contributed by atoms with E-state index in [1.165, 1.54) is 17.3 Å². The van der Waals surface area contributed by atoms with Crippen molar-refractivity contribution in [3.63, 3.8) is 0 Å². The number of ketones is 1. The van der Waals surface area contributed by atoms with Crippen molar-refractivity contribution >= 4 is 27.8 Å². The highest BCUT2D eigenvalue weighted by Gasteiger charge is 2.15. The fraction of sp³-hybridized carbons (Fsp3) is 0. The lowest BCUT2D eigenvalue weighted by Gasteiger charge is -2.13. The van der Waals surface area contributed by atoms with E-state index in [-0.39, 0.29) is 5.78 Å². The molecule has 0 bridgehead atoms. The predicted octanol–water partition coefficient (Wildman–Crippen LogP) is 3.29. The van der Waals surface area contributed by atoms with Gasteiger partial charge in [-0.05, 0) is 18.2 Å². The standard InChI is InChI=1S/C22H18N6O/c1-16(22(29)9-13-27(23)18-6-10-24-11-7-18)20-8-12-26-28(20)21-15-25-14-17-4-2-3-5-19(17)21/h2-15H,1,23H2/b13-9-. The number of carbonyl (C=O) groups is 1. The first-order valence-corrected chi connectivity index (χ1v) is 8.88. The number of hydrogen-bond donors (Lipinski definition) is 1. The predicted molar refractivity (Wildman–Crippen MR) is 113 cm³/mol. The third-order valence-corrected chi connectivity index (χ3v) is 4.47. The summed E-state index contributed by atoms with van der Waals surface area (Å²) < 4.78 is 1.67. The number of carbonyl (C=O) groups excluding carboxylic acids is 1. The first-order chi connectivity index (χ1) is 14.1. The lowest BCUT2D eigenvalue weighted by Crippen LogP contribution is -2.24. The Morgan fingerprint density at radius 3 is 2.66 bits per heavy atom. The van der Waals surface area contributed by atoms with Crippen LogP contribution >= 0.6 is 0 Å². The maximum Gasteiger partial charge on any atom is 0.188 e. The molecule has 0 amide bonds. The zero-order chi connectivity index (χ0) is 20.2. The van der Waals surface area contributed by atoms with Gasteiger partial charge in [0.2, 0.25) is 0 Å². The van der Waals surface area contributed by atoms with E-state index in [4.69, 9.17) is 5.84 Å². The molecule has 0 unspecified atom stereocenters. The monoisotopic (exact) mass is 382 g/mol. The number of fused-ring (bicyclic) bond motifs is 1. The molecule has 7 nitrogen and oxygen atoms in total. The van der Waals surface area contributed by atoms with E-state index in [0.29, 0.717) is 17.0 Å². The van der Waals surface area contributed by atoms with E-state index in [2.05, 4.69) is 21.6 Å². The zero-order valence-electron chi connectivity index (χ0n) is 15.5. The fourth-order valence-corrected chi connectivity index (χ4v) is 2.97. The van der Waals surface area contributed by atoms with Gasteiger partial charge >= 0.3 is 0 Å². The molecule has 0 aliphatic heterocycles. The number of rotatable bonds is 6. The van der Waals surface area contributed by atoms with Crippen LogP contribution in [-0.4, -0.2) is 25.5 Å². The molecule has 4 aromatic rings. The van der Waals surface area contributed by atoms with E-state index in [1.807, 2.05) is 24.3 Å². The molecule has 3 aromatic heterocycles. The maximum atomic E-state index is 12.7. The van der Waals surface area contributed by atoms with Crippen LogP contribution in [0.2, 0.25) is 0 Å². The summed E-state index contributed by atoms with van der Waals surface area (Å²) in [5, 5.41) is 7.69. The lowest BCUT2D eigenvalue weighted by molar-refractivity contribution is -0.109. The van der Waals surface area contributed by atoms with Crippen molar-refractivity contribution < 1.29 is 4.79 Å². The third-order valence-electron chi connectivity index (χ3n) is 4.47. The second kappa shape index (κ2) is 7.87. The quantitative estimate of drug-likeness (QED) is 0.313. The Morgan fingerprint density at radius 1 is 1.03 bits per heavy atom. The van der Waals surface area contributed by atoms with Crippen molar-refractivity contribution in [1.82, 2.24) is 19.7 Å². The Hall–Kier alpha value is -4.10. The van der Waals surface area contributed by atoms with Crippen molar-refractivity contribution in [2.45, 2.75) is 0 Å². The highest BCUT2D eigenvalue weighted by molar-refractivity contribution is 6.25. The topological polar surface area (TPSA) is 89.9 Å². The van der Waals surface area contributed by atoms with Crippen LogP contribution in [-0.2, 0) is 4.79 Å². The summed E-state index contributed by atoms with van der Waals surface area (Å²) in [6, 6.07) is 13.1. The molecular weight excluding hydrogens is 364 g/mol. The molecule has 142 valence electrons. The number of benzene rings is 1. The van der Waals surface area contributed by atoms with Crippen molar-refractivity contribution in [2.24, 2.45) is 5.84 Å². The molecule has 3 heterocycles. The molecule has 0 saturated carbocycles. The highest BCUT2D eigenvalue weighted by atomic mass is 16.1. The van der Waals surface area contributed by atoms with Crippen LogP contribution in [0.1, 0.15) is 5.69 Å². The van der Waals surface area contributed by atoms with E-state index >= 15 is 0 Å². The number of aromatic nitrogens is 4. The number of hydrogen-bond acceptors (Lipinski definition) is 6. The first-order valence-electron chi connectivity index (χ1n) is 8.88. The number of anilines is 1. The summed E-state index contributed by atoms with van der Waals surface area (Å²) in [5.41, 5.74) is 2.37. The van der Waals surface area contributed by atoms with Crippen LogP contribution in [0.5, 0.6) is 0 Å². The lowest BCUT2D eigenvalue weighted by atomic mass is 10.1. The van der Waals surface area contributed by atoms with Crippen molar-refractivity contribution in [3.05, 3.63) is 98.0 Å². The molecule has 4 rings (SSSR count). The Kier molecular flexibility index (Phi) is 4.96. The first kappa shape index (κ1) is 18.3. The summed E-state index contributed by atoms with van der Waals surface area (Å²) in [5.74, 6) is 5.68. The molecule has 0 fully saturated rings. The Balaban J connectivity index is 1.61. The van der Waals surface area contributed by atoms with Gasteiger partial charge in [-0.1, -0.05) is 30.8 Å². The van der Waals surface area contributed by atoms with E-state index in [9.17, 15) is 4.79 Å². The molecule has 1 aromatic carbocycles. The SMILES string of the molecule is C=C(C(=O)/C=C\N(N)c1ccncc1)c1ccnn1-c1cncc2ccccc12. The second-order valence-corrected chi connectivity index (χ2v) is 6.28. The van der Waals surface area contributed by atoms with Gasteiger partial charge in [0, 0.05) is 47.2 Å². The highest BCUT2D eigenvalue weighted by Crippen LogP contribution is 2.24. The molecule has 0 atom stereocenters. The second-order valence-electron chi connectivity index (χ2n) is 6.28. The number of pyridine rings is 2. The molecule has 0 spiro atoms. The van der Waals surface area contributed by atoms with Crippen LogP contribution < -0.4 is 10.9 Å². The number of nitrogens with zero attached hydrogens (tertiary/aromatic N) is 5. The molecule has 29 heavy (non-hydrogen) atoms. The summed E-state index contributed by atoms with van der Waals surface area (Å²) in [7, 11) is 0. The summed E-state index contributed by atoms with van der Waals surface area (Å²) in [6.07, 6.45) is 11.3. The van der Waals surface area contributed by atoms with E-state index in [1.54, 1.807) is 53.9 Å². The van der Waals surface area contributed by atoms with Gasteiger partial charge in [-0.3, -0.25) is 19.8 Å². The summed E-state index contributed by atoms with van der Waals surface area (Å²) in [4.78, 5) is 20.9. The van der Waals surface area contributed by atoms with Crippen LogP contribution in [0.3, 0.4) is 0 Å². The summed E-state index contributed by atoms with van der Waals surface area (Å²) in [6.45, 7) is 3.96. The van der Waals surface area contributed by atoms with Crippen LogP contribution in [0.4, 0.5) is 5.69 Å². The molecule has 0 aliphatic rings. The number of nitrogens with two attached hydrogens (primary N) is 1. The molecule has 0 saturated heterocycles. The Morgan fingerprint density at radius 2 is 1.83 bits per heavy atom. The van der Waals surface area contributed by atoms with Gasteiger partial charge < -0.3 is 0 Å². The minimum atomic E-state index is -0.274. The van der Waals surface area contributed by atoms with Crippen molar-refractivity contribution in [2.75, 3.05) is 5.01 Å². The maximum absolute atomic E-state index is 12.7. The molecule has 0 aliphatic carbocycles. The number of allylic oxidation sites excluding steroid dienone is 2. The van der Waals surface area contributed by atoms with Gasteiger partial charge in [0.05, 0.1) is 29.5 Å². The van der Waals surface area contributed by atoms with E-state index in [0.717, 1.165) is 16.5 Å². The van der Waals surface area contributed by atoms with Crippen LogP contribution in [0.25, 0.3) is 22.0 Å². The van der Waals surface area contributed by atoms with Crippen molar-refractivity contribution in [1.29, 1.82) is 0 Å². The fourth-order valence-electron chi connectivity index (χ4n) is 2.97. The van der Waals surface area contributed by atoms with Gasteiger partial charge in [0.15, 0.2) is 5.78 Å².